The summed E-state index contributed by atoms with van der Waals surface area (Å²) in [5, 5.41) is 5.97. The first kappa shape index (κ1) is 17.0. The molecular formula is C19H25N3OS. The molecule has 0 saturated heterocycles. The molecule has 5 heteroatoms. The van der Waals surface area contributed by atoms with Crippen molar-refractivity contribution in [2.24, 2.45) is 0 Å². The lowest BCUT2D eigenvalue weighted by atomic mass is 9.95. The van der Waals surface area contributed by atoms with Crippen LogP contribution in [0.15, 0.2) is 17.5 Å². The lowest BCUT2D eigenvalue weighted by Gasteiger charge is -2.22. The minimum absolute atomic E-state index is 0.0328. The van der Waals surface area contributed by atoms with Crippen LogP contribution >= 0.6 is 11.3 Å². The van der Waals surface area contributed by atoms with Crippen LogP contribution in [-0.2, 0) is 6.42 Å². The van der Waals surface area contributed by atoms with Gasteiger partial charge in [-0.2, -0.15) is 0 Å². The van der Waals surface area contributed by atoms with E-state index in [0.717, 1.165) is 35.5 Å². The Labute approximate surface area is 147 Å². The molecule has 0 radical (unpaired) electrons. The van der Waals surface area contributed by atoms with Crippen molar-refractivity contribution in [3.63, 3.8) is 0 Å². The van der Waals surface area contributed by atoms with Gasteiger partial charge in [-0.15, -0.1) is 11.3 Å². The summed E-state index contributed by atoms with van der Waals surface area (Å²) in [6.45, 7) is 4.08. The summed E-state index contributed by atoms with van der Waals surface area (Å²) in [4.78, 5) is 16.9. The van der Waals surface area contributed by atoms with Gasteiger partial charge in [0.2, 0.25) is 0 Å². The second-order valence-corrected chi connectivity index (χ2v) is 7.69. The Morgan fingerprint density at radius 1 is 1.25 bits per heavy atom. The van der Waals surface area contributed by atoms with Crippen LogP contribution in [0.5, 0.6) is 0 Å². The van der Waals surface area contributed by atoms with Gasteiger partial charge in [0, 0.05) is 23.5 Å². The van der Waals surface area contributed by atoms with Crippen LogP contribution in [0.4, 0.5) is 5.69 Å². The van der Waals surface area contributed by atoms with E-state index in [1.807, 2.05) is 18.4 Å². The van der Waals surface area contributed by atoms with Crippen molar-refractivity contribution in [3.05, 3.63) is 44.9 Å². The van der Waals surface area contributed by atoms with Gasteiger partial charge >= 0.3 is 0 Å². The van der Waals surface area contributed by atoms with Crippen molar-refractivity contribution < 1.29 is 4.79 Å². The molecule has 1 aromatic carbocycles. The molecule has 4 nitrogen and oxygen atoms in total. The van der Waals surface area contributed by atoms with Crippen molar-refractivity contribution >= 4 is 22.9 Å². The van der Waals surface area contributed by atoms with Crippen molar-refractivity contribution in [3.8, 4) is 0 Å². The predicted octanol–water partition coefficient (Wildman–Crippen LogP) is 4.00. The van der Waals surface area contributed by atoms with Crippen molar-refractivity contribution in [2.45, 2.75) is 58.4 Å². The highest BCUT2D eigenvalue weighted by Gasteiger charge is 2.18. The highest BCUT2D eigenvalue weighted by Crippen LogP contribution is 2.23. The molecule has 0 atom stereocenters. The summed E-state index contributed by atoms with van der Waals surface area (Å²) in [5.74, 6) is -0.0328. The first-order valence-electron chi connectivity index (χ1n) is 8.64. The highest BCUT2D eigenvalue weighted by atomic mass is 32.1. The molecule has 0 bridgehead atoms. The molecule has 1 fully saturated rings. The first-order valence-corrected chi connectivity index (χ1v) is 9.52. The fourth-order valence-corrected chi connectivity index (χ4v) is 4.05. The summed E-state index contributed by atoms with van der Waals surface area (Å²) in [7, 11) is 0. The van der Waals surface area contributed by atoms with Gasteiger partial charge in [-0.25, -0.2) is 4.98 Å². The molecule has 128 valence electrons. The number of nitrogens with zero attached hydrogens (tertiary/aromatic N) is 1. The molecular weight excluding hydrogens is 318 g/mol. The second kappa shape index (κ2) is 7.34. The quantitative estimate of drug-likeness (QED) is 0.825. The van der Waals surface area contributed by atoms with E-state index < -0.39 is 0 Å². The fourth-order valence-electron chi connectivity index (χ4n) is 3.25. The number of carbonyl (C=O) groups is 1. The Hall–Kier alpha value is -1.88. The number of rotatable bonds is 4. The fraction of sp³-hybridized carbons (Fsp3) is 0.474. The third kappa shape index (κ3) is 3.96. The Bertz CT molecular complexity index is 732. The van der Waals surface area contributed by atoms with Gasteiger partial charge in [0.1, 0.15) is 5.69 Å². The van der Waals surface area contributed by atoms with E-state index in [4.69, 9.17) is 5.73 Å². The van der Waals surface area contributed by atoms with Crippen molar-refractivity contribution in [1.29, 1.82) is 0 Å². The number of nitrogen functional groups attached to an aromatic ring is 1. The smallest absolute Gasteiger partial charge is 0.270 e. The van der Waals surface area contributed by atoms with Gasteiger partial charge in [-0.05, 0) is 49.4 Å². The van der Waals surface area contributed by atoms with Gasteiger partial charge in [0.25, 0.3) is 5.91 Å². The van der Waals surface area contributed by atoms with E-state index in [2.05, 4.69) is 23.3 Å². The molecule has 3 rings (SSSR count). The Morgan fingerprint density at radius 2 is 2.00 bits per heavy atom. The van der Waals surface area contributed by atoms with Crippen LogP contribution in [0, 0.1) is 13.8 Å². The maximum absolute atomic E-state index is 12.4. The minimum Gasteiger partial charge on any atom is -0.399 e. The topological polar surface area (TPSA) is 68.0 Å². The number of hydrogen-bond acceptors (Lipinski definition) is 4. The molecule has 0 aliphatic heterocycles. The number of anilines is 1. The van der Waals surface area contributed by atoms with Crippen LogP contribution < -0.4 is 11.1 Å². The average molecular weight is 343 g/mol. The summed E-state index contributed by atoms with van der Waals surface area (Å²) in [6.07, 6.45) is 6.63. The van der Waals surface area contributed by atoms with E-state index in [-0.39, 0.29) is 5.91 Å². The number of nitrogens with one attached hydrogen (secondary N) is 1. The third-order valence-corrected chi connectivity index (χ3v) is 5.64. The normalized spacial score (nSPS) is 15.4. The number of hydrogen-bond donors (Lipinski definition) is 2. The molecule has 1 aliphatic rings. The Balaban J connectivity index is 1.67. The molecule has 0 unspecified atom stereocenters. The number of thiazole rings is 1. The van der Waals surface area contributed by atoms with Crippen LogP contribution in [-0.4, -0.2) is 16.9 Å². The van der Waals surface area contributed by atoms with Crippen molar-refractivity contribution in [1.82, 2.24) is 10.3 Å². The number of amides is 1. The number of benzene rings is 1. The molecule has 1 amide bonds. The molecule has 1 aromatic heterocycles. The number of nitrogens with two attached hydrogens (primary N) is 1. The molecule has 1 saturated carbocycles. The number of aryl methyl sites for hydroxylation is 2. The van der Waals surface area contributed by atoms with E-state index in [1.165, 1.54) is 30.4 Å². The summed E-state index contributed by atoms with van der Waals surface area (Å²) < 4.78 is 0. The Morgan fingerprint density at radius 3 is 2.75 bits per heavy atom. The minimum atomic E-state index is -0.0328. The maximum atomic E-state index is 12.4. The van der Waals surface area contributed by atoms with Crippen LogP contribution in [0.1, 0.15) is 64.3 Å². The van der Waals surface area contributed by atoms with E-state index in [0.29, 0.717) is 11.7 Å². The zero-order valence-corrected chi connectivity index (χ0v) is 15.2. The number of carbonyl (C=O) groups excluding carboxylic acids is 1. The van der Waals surface area contributed by atoms with Crippen LogP contribution in [0.3, 0.4) is 0 Å². The zero-order valence-electron chi connectivity index (χ0n) is 14.4. The molecule has 2 aromatic rings. The monoisotopic (exact) mass is 343 g/mol. The largest absolute Gasteiger partial charge is 0.399 e. The third-order valence-electron chi connectivity index (χ3n) is 4.79. The maximum Gasteiger partial charge on any atom is 0.270 e. The first-order chi connectivity index (χ1) is 11.5. The van der Waals surface area contributed by atoms with Gasteiger partial charge in [-0.3, -0.25) is 4.79 Å². The van der Waals surface area contributed by atoms with Crippen LogP contribution in [0.25, 0.3) is 0 Å². The van der Waals surface area contributed by atoms with E-state index in [1.54, 1.807) is 11.3 Å². The van der Waals surface area contributed by atoms with Crippen molar-refractivity contribution in [2.75, 3.05) is 5.73 Å². The zero-order chi connectivity index (χ0) is 17.1. The summed E-state index contributed by atoms with van der Waals surface area (Å²) in [5.41, 5.74) is 10.8. The van der Waals surface area contributed by atoms with Gasteiger partial charge in [0.15, 0.2) is 0 Å². The lowest BCUT2D eigenvalue weighted by Crippen LogP contribution is -2.36. The second-order valence-electron chi connectivity index (χ2n) is 6.75. The number of aromatic nitrogens is 1. The molecule has 1 heterocycles. The van der Waals surface area contributed by atoms with Gasteiger partial charge < -0.3 is 11.1 Å². The SMILES string of the molecule is Cc1cc(Cc2nc(C(=O)NC3CCCCC3)cs2)c(C)cc1N. The molecule has 0 spiro atoms. The summed E-state index contributed by atoms with van der Waals surface area (Å²) in [6, 6.07) is 4.45. The summed E-state index contributed by atoms with van der Waals surface area (Å²) >= 11 is 1.55. The highest BCUT2D eigenvalue weighted by molar-refractivity contribution is 7.09. The average Bonchev–Trinajstić information content (AvgIpc) is 3.02. The van der Waals surface area contributed by atoms with Crippen LogP contribution in [0.2, 0.25) is 0 Å². The van der Waals surface area contributed by atoms with Gasteiger partial charge in [-0.1, -0.05) is 25.3 Å². The molecule has 1 aliphatic carbocycles. The van der Waals surface area contributed by atoms with E-state index >= 15 is 0 Å². The standard InChI is InChI=1S/C19H25N3OS/c1-12-9-16(20)13(2)8-14(12)10-18-22-17(11-24-18)19(23)21-15-6-4-3-5-7-15/h8-9,11,15H,3-7,10,20H2,1-2H3,(H,21,23). The molecule has 3 N–H and O–H groups in total. The lowest BCUT2D eigenvalue weighted by molar-refractivity contribution is 0.0923. The van der Waals surface area contributed by atoms with Gasteiger partial charge in [0.05, 0.1) is 5.01 Å². The predicted molar refractivity (Wildman–Crippen MR) is 99.6 cm³/mol. The molecule has 24 heavy (non-hydrogen) atoms. The van der Waals surface area contributed by atoms with E-state index in [9.17, 15) is 4.79 Å². The Kier molecular flexibility index (Phi) is 5.19.